The Balaban J connectivity index is 1.88. The highest BCUT2D eigenvalue weighted by molar-refractivity contribution is 5.99. The zero-order valence-electron chi connectivity index (χ0n) is 12.3. The monoisotopic (exact) mass is 306 g/mol. The summed E-state index contributed by atoms with van der Waals surface area (Å²) in [6, 6.07) is 4.31. The fourth-order valence-electron chi connectivity index (χ4n) is 2.86. The smallest absolute Gasteiger partial charge is 0.257 e. The summed E-state index contributed by atoms with van der Waals surface area (Å²) in [5.74, 6) is -1.01. The van der Waals surface area contributed by atoms with Gasteiger partial charge < -0.3 is 14.9 Å². The van der Waals surface area contributed by atoms with E-state index in [2.05, 4.69) is 0 Å². The van der Waals surface area contributed by atoms with Crippen molar-refractivity contribution in [3.8, 4) is 0 Å². The Bertz CT molecular complexity index is 601. The van der Waals surface area contributed by atoms with E-state index in [0.717, 1.165) is 19.3 Å². The Morgan fingerprint density at radius 1 is 1.41 bits per heavy atom. The van der Waals surface area contributed by atoms with Gasteiger partial charge >= 0.3 is 0 Å². The van der Waals surface area contributed by atoms with Crippen LogP contribution in [0.15, 0.2) is 18.2 Å². The SMILES string of the molecule is O=C1CCCN1c1ccc(F)c(C(=O)N(CCO)C2CC2)c1. The number of anilines is 1. The minimum absolute atomic E-state index is 0.000542. The molecule has 2 fully saturated rings. The zero-order chi connectivity index (χ0) is 15.7. The van der Waals surface area contributed by atoms with Gasteiger partial charge in [-0.2, -0.15) is 0 Å². The van der Waals surface area contributed by atoms with Gasteiger partial charge in [-0.15, -0.1) is 0 Å². The second-order valence-corrected chi connectivity index (χ2v) is 5.77. The van der Waals surface area contributed by atoms with E-state index in [4.69, 9.17) is 5.11 Å². The van der Waals surface area contributed by atoms with Crippen molar-refractivity contribution in [1.29, 1.82) is 0 Å². The van der Waals surface area contributed by atoms with Gasteiger partial charge in [0.2, 0.25) is 5.91 Å². The molecule has 0 radical (unpaired) electrons. The van der Waals surface area contributed by atoms with Gasteiger partial charge in [0.15, 0.2) is 0 Å². The Hall–Kier alpha value is -1.95. The van der Waals surface area contributed by atoms with Crippen LogP contribution >= 0.6 is 0 Å². The molecule has 5 nitrogen and oxygen atoms in total. The van der Waals surface area contributed by atoms with E-state index in [9.17, 15) is 14.0 Å². The lowest BCUT2D eigenvalue weighted by molar-refractivity contribution is -0.117. The average molecular weight is 306 g/mol. The summed E-state index contributed by atoms with van der Waals surface area (Å²) in [5.41, 5.74) is 0.532. The molecule has 1 saturated heterocycles. The highest BCUT2D eigenvalue weighted by Crippen LogP contribution is 2.30. The topological polar surface area (TPSA) is 60.9 Å². The van der Waals surface area contributed by atoms with E-state index in [1.807, 2.05) is 0 Å². The first-order valence-corrected chi connectivity index (χ1v) is 7.63. The number of nitrogens with zero attached hydrogens (tertiary/aromatic N) is 2. The maximum absolute atomic E-state index is 14.1. The Labute approximate surface area is 128 Å². The maximum atomic E-state index is 14.1. The van der Waals surface area contributed by atoms with Crippen molar-refractivity contribution >= 4 is 17.5 Å². The minimum Gasteiger partial charge on any atom is -0.395 e. The lowest BCUT2D eigenvalue weighted by Crippen LogP contribution is -2.36. The second kappa shape index (κ2) is 6.04. The normalized spacial score (nSPS) is 17.9. The third kappa shape index (κ3) is 2.83. The van der Waals surface area contributed by atoms with Gasteiger partial charge in [0, 0.05) is 31.2 Å². The standard InChI is InChI=1S/C16H19FN2O3/c17-14-6-5-12(18-7-1-2-15(18)21)10-13(14)16(22)19(8-9-20)11-3-4-11/h5-6,10-11,20H,1-4,7-9H2. The molecule has 1 aliphatic heterocycles. The number of hydrogen-bond acceptors (Lipinski definition) is 3. The predicted molar refractivity (Wildman–Crippen MR) is 79.1 cm³/mol. The Morgan fingerprint density at radius 2 is 2.18 bits per heavy atom. The van der Waals surface area contributed by atoms with Crippen molar-refractivity contribution in [1.82, 2.24) is 4.90 Å². The van der Waals surface area contributed by atoms with Gasteiger partial charge in [-0.1, -0.05) is 0 Å². The molecule has 2 amide bonds. The largest absolute Gasteiger partial charge is 0.395 e. The number of hydrogen-bond donors (Lipinski definition) is 1. The molecule has 3 rings (SSSR count). The number of rotatable bonds is 5. The summed E-state index contributed by atoms with van der Waals surface area (Å²) >= 11 is 0. The number of benzene rings is 1. The third-order valence-corrected chi connectivity index (χ3v) is 4.15. The van der Waals surface area contributed by atoms with Crippen molar-refractivity contribution in [2.45, 2.75) is 31.7 Å². The second-order valence-electron chi connectivity index (χ2n) is 5.77. The molecule has 118 valence electrons. The first kappa shape index (κ1) is 15.0. The van der Waals surface area contributed by atoms with Crippen molar-refractivity contribution in [3.05, 3.63) is 29.6 Å². The zero-order valence-corrected chi connectivity index (χ0v) is 12.3. The van der Waals surface area contributed by atoms with Crippen molar-refractivity contribution < 1.29 is 19.1 Å². The van der Waals surface area contributed by atoms with Crippen LogP contribution in [0.5, 0.6) is 0 Å². The summed E-state index contributed by atoms with van der Waals surface area (Å²) in [7, 11) is 0. The Kier molecular flexibility index (Phi) is 4.11. The molecular formula is C16H19FN2O3. The van der Waals surface area contributed by atoms with Gasteiger partial charge in [0.25, 0.3) is 5.91 Å². The molecule has 1 aliphatic carbocycles. The Morgan fingerprint density at radius 3 is 2.77 bits per heavy atom. The first-order valence-electron chi connectivity index (χ1n) is 7.63. The molecular weight excluding hydrogens is 287 g/mol. The molecule has 2 aliphatic rings. The quantitative estimate of drug-likeness (QED) is 0.898. The fraction of sp³-hybridized carbons (Fsp3) is 0.500. The third-order valence-electron chi connectivity index (χ3n) is 4.15. The predicted octanol–water partition coefficient (Wildman–Crippen LogP) is 1.55. The van der Waals surface area contributed by atoms with Crippen LogP contribution in [0.1, 0.15) is 36.0 Å². The first-order chi connectivity index (χ1) is 10.6. The fourth-order valence-corrected chi connectivity index (χ4v) is 2.86. The van der Waals surface area contributed by atoms with E-state index in [1.54, 1.807) is 4.90 Å². The highest BCUT2D eigenvalue weighted by Gasteiger charge is 2.34. The molecule has 1 aromatic carbocycles. The number of carbonyl (C=O) groups is 2. The molecule has 1 N–H and O–H groups in total. The van der Waals surface area contributed by atoms with Crippen molar-refractivity contribution in [3.63, 3.8) is 0 Å². The van der Waals surface area contributed by atoms with Gasteiger partial charge in [-0.3, -0.25) is 9.59 Å². The van der Waals surface area contributed by atoms with Gasteiger partial charge in [-0.05, 0) is 37.5 Å². The van der Waals surface area contributed by atoms with Crippen molar-refractivity contribution in [2.24, 2.45) is 0 Å². The number of carbonyl (C=O) groups excluding carboxylic acids is 2. The van der Waals surface area contributed by atoms with Crippen LogP contribution in [0.3, 0.4) is 0 Å². The van der Waals surface area contributed by atoms with Crippen LogP contribution in [0.2, 0.25) is 0 Å². The molecule has 0 unspecified atom stereocenters. The van der Waals surface area contributed by atoms with Crippen molar-refractivity contribution in [2.75, 3.05) is 24.6 Å². The average Bonchev–Trinajstić information content (AvgIpc) is 3.26. The molecule has 0 spiro atoms. The summed E-state index contributed by atoms with van der Waals surface area (Å²) in [6.07, 6.45) is 3.03. The van der Waals surface area contributed by atoms with Gasteiger partial charge in [-0.25, -0.2) is 4.39 Å². The summed E-state index contributed by atoms with van der Waals surface area (Å²) in [4.78, 5) is 27.5. The molecule has 0 bridgehead atoms. The highest BCUT2D eigenvalue weighted by atomic mass is 19.1. The number of halogens is 1. The van der Waals surface area contributed by atoms with Gasteiger partial charge in [0.1, 0.15) is 5.82 Å². The van der Waals surface area contributed by atoms with Gasteiger partial charge in [0.05, 0.1) is 12.2 Å². The van der Waals surface area contributed by atoms with Crippen LogP contribution in [-0.2, 0) is 4.79 Å². The summed E-state index contributed by atoms with van der Waals surface area (Å²) in [5, 5.41) is 9.10. The van der Waals surface area contributed by atoms with Crippen LogP contribution < -0.4 is 4.90 Å². The lowest BCUT2D eigenvalue weighted by atomic mass is 10.1. The molecule has 0 atom stereocenters. The van der Waals surface area contributed by atoms with E-state index < -0.39 is 11.7 Å². The van der Waals surface area contributed by atoms with E-state index >= 15 is 0 Å². The van der Waals surface area contributed by atoms with E-state index in [1.165, 1.54) is 23.1 Å². The molecule has 1 heterocycles. The van der Waals surface area contributed by atoms with E-state index in [0.29, 0.717) is 18.7 Å². The summed E-state index contributed by atoms with van der Waals surface area (Å²) in [6.45, 7) is 0.658. The maximum Gasteiger partial charge on any atom is 0.257 e. The molecule has 1 aromatic rings. The molecule has 1 saturated carbocycles. The number of aliphatic hydroxyl groups is 1. The lowest BCUT2D eigenvalue weighted by Gasteiger charge is -2.23. The van der Waals surface area contributed by atoms with Crippen LogP contribution in [0, 0.1) is 5.82 Å². The molecule has 22 heavy (non-hydrogen) atoms. The summed E-state index contributed by atoms with van der Waals surface area (Å²) < 4.78 is 14.1. The molecule has 0 aromatic heterocycles. The van der Waals surface area contributed by atoms with E-state index in [-0.39, 0.29) is 30.7 Å². The van der Waals surface area contributed by atoms with Crippen LogP contribution in [0.25, 0.3) is 0 Å². The molecule has 6 heteroatoms. The number of aliphatic hydroxyl groups excluding tert-OH is 1. The minimum atomic E-state index is -0.594. The van der Waals surface area contributed by atoms with Crippen LogP contribution in [-0.4, -0.2) is 47.6 Å². The number of amides is 2. The van der Waals surface area contributed by atoms with Crippen LogP contribution in [0.4, 0.5) is 10.1 Å².